The van der Waals surface area contributed by atoms with Crippen LogP contribution in [0.4, 0.5) is 5.69 Å². The highest BCUT2D eigenvalue weighted by molar-refractivity contribution is 5.99. The van der Waals surface area contributed by atoms with Gasteiger partial charge >= 0.3 is 5.97 Å². The number of amides is 1. The molecular weight excluding hydrogens is 362 g/mol. The lowest BCUT2D eigenvalue weighted by atomic mass is 10.0. The zero-order valence-electron chi connectivity index (χ0n) is 16.3. The van der Waals surface area contributed by atoms with Gasteiger partial charge in [-0.05, 0) is 30.2 Å². The van der Waals surface area contributed by atoms with E-state index in [0.29, 0.717) is 6.54 Å². The summed E-state index contributed by atoms with van der Waals surface area (Å²) in [6.07, 6.45) is -0.323. The van der Waals surface area contributed by atoms with Crippen molar-refractivity contribution < 1.29 is 14.3 Å². The van der Waals surface area contributed by atoms with Crippen molar-refractivity contribution in [2.75, 3.05) is 11.4 Å². The van der Waals surface area contributed by atoms with Gasteiger partial charge in [0.15, 0.2) is 6.10 Å². The number of hydrogen-bond acceptors (Lipinski definition) is 3. The molecule has 1 fully saturated rings. The molecule has 0 radical (unpaired) electrons. The van der Waals surface area contributed by atoms with Gasteiger partial charge in [0.05, 0.1) is 5.92 Å². The average Bonchev–Trinajstić information content (AvgIpc) is 3.15. The van der Waals surface area contributed by atoms with E-state index >= 15 is 0 Å². The van der Waals surface area contributed by atoms with Crippen LogP contribution in [-0.4, -0.2) is 18.4 Å². The summed E-state index contributed by atoms with van der Waals surface area (Å²) < 4.78 is 5.94. The lowest BCUT2D eigenvalue weighted by molar-refractivity contribution is -0.152. The van der Waals surface area contributed by atoms with Crippen LogP contribution in [0.25, 0.3) is 0 Å². The predicted molar refractivity (Wildman–Crippen MR) is 112 cm³/mol. The van der Waals surface area contributed by atoms with Crippen molar-refractivity contribution in [1.29, 1.82) is 0 Å². The molecule has 29 heavy (non-hydrogen) atoms. The molecule has 4 rings (SSSR count). The molecule has 0 bridgehead atoms. The zero-order chi connectivity index (χ0) is 20.2. The van der Waals surface area contributed by atoms with Gasteiger partial charge < -0.3 is 9.64 Å². The summed E-state index contributed by atoms with van der Waals surface area (Å²) in [6, 6.07) is 27.1. The summed E-state index contributed by atoms with van der Waals surface area (Å²) in [4.78, 5) is 27.2. The number of esters is 1. The molecule has 0 N–H and O–H groups in total. The van der Waals surface area contributed by atoms with Crippen LogP contribution in [0.2, 0.25) is 0 Å². The van der Waals surface area contributed by atoms with Crippen molar-refractivity contribution in [3.8, 4) is 0 Å². The SMILES string of the molecule is Cc1ccc(N2C[C@H](C(=O)OC(c3ccccc3)c3ccccc3)CC2=O)cc1. The highest BCUT2D eigenvalue weighted by Crippen LogP contribution is 2.30. The summed E-state index contributed by atoms with van der Waals surface area (Å²) in [6.45, 7) is 2.35. The molecule has 3 aromatic carbocycles. The summed E-state index contributed by atoms with van der Waals surface area (Å²) >= 11 is 0. The molecule has 1 saturated heterocycles. The van der Waals surface area contributed by atoms with Crippen LogP contribution in [0, 0.1) is 12.8 Å². The van der Waals surface area contributed by atoms with E-state index in [2.05, 4.69) is 0 Å². The van der Waals surface area contributed by atoms with Gasteiger partial charge in [0.25, 0.3) is 0 Å². The topological polar surface area (TPSA) is 46.6 Å². The van der Waals surface area contributed by atoms with Crippen molar-refractivity contribution >= 4 is 17.6 Å². The number of carbonyl (C=O) groups excluding carboxylic acids is 2. The molecular formula is C25H23NO3. The Labute approximate surface area is 170 Å². The van der Waals surface area contributed by atoms with Gasteiger partial charge in [0.1, 0.15) is 0 Å². The van der Waals surface area contributed by atoms with Crippen LogP contribution >= 0.6 is 0 Å². The van der Waals surface area contributed by atoms with Gasteiger partial charge in [-0.2, -0.15) is 0 Å². The second-order valence-corrected chi connectivity index (χ2v) is 7.38. The van der Waals surface area contributed by atoms with Crippen LogP contribution < -0.4 is 4.90 Å². The molecule has 1 aliphatic rings. The Morgan fingerprint density at radius 3 is 2.00 bits per heavy atom. The van der Waals surface area contributed by atoms with Gasteiger partial charge in [-0.15, -0.1) is 0 Å². The fraction of sp³-hybridized carbons (Fsp3) is 0.200. The third kappa shape index (κ3) is 4.21. The van der Waals surface area contributed by atoms with Crippen LogP contribution in [0.5, 0.6) is 0 Å². The van der Waals surface area contributed by atoms with Gasteiger partial charge in [-0.25, -0.2) is 0 Å². The van der Waals surface area contributed by atoms with Crippen LogP contribution in [-0.2, 0) is 14.3 Å². The van der Waals surface area contributed by atoms with Crippen molar-refractivity contribution in [2.45, 2.75) is 19.4 Å². The quantitative estimate of drug-likeness (QED) is 0.599. The minimum absolute atomic E-state index is 0.0493. The largest absolute Gasteiger partial charge is 0.452 e. The first-order chi connectivity index (χ1) is 14.1. The van der Waals surface area contributed by atoms with Crippen LogP contribution in [0.15, 0.2) is 84.9 Å². The highest BCUT2D eigenvalue weighted by atomic mass is 16.5. The maximum absolute atomic E-state index is 13.0. The van der Waals surface area contributed by atoms with Gasteiger partial charge in [0.2, 0.25) is 5.91 Å². The summed E-state index contributed by atoms with van der Waals surface area (Å²) in [5, 5.41) is 0. The standard InChI is InChI=1S/C25H23NO3/c1-18-12-14-22(15-13-18)26-17-21(16-23(26)27)25(28)29-24(19-8-4-2-5-9-19)20-10-6-3-7-11-20/h2-15,21,24H,16-17H2,1H3/t21-/m1/s1. The monoisotopic (exact) mass is 385 g/mol. The fourth-order valence-corrected chi connectivity index (χ4v) is 3.64. The average molecular weight is 385 g/mol. The molecule has 1 amide bonds. The lowest BCUT2D eigenvalue weighted by Gasteiger charge is -2.21. The summed E-state index contributed by atoms with van der Waals surface area (Å²) in [5.74, 6) is -0.865. The van der Waals surface area contributed by atoms with E-state index in [-0.39, 0.29) is 18.3 Å². The lowest BCUT2D eigenvalue weighted by Crippen LogP contribution is -2.27. The Kier molecular flexibility index (Phi) is 5.43. The molecule has 0 aliphatic carbocycles. The molecule has 1 heterocycles. The Hall–Kier alpha value is -3.40. The smallest absolute Gasteiger partial charge is 0.312 e. The molecule has 1 aliphatic heterocycles. The zero-order valence-corrected chi connectivity index (χ0v) is 16.3. The van der Waals surface area contributed by atoms with Crippen molar-refractivity contribution in [3.63, 3.8) is 0 Å². The van der Waals surface area contributed by atoms with Gasteiger partial charge in [-0.1, -0.05) is 78.4 Å². The summed E-state index contributed by atoms with van der Waals surface area (Å²) in [5.41, 5.74) is 3.77. The maximum atomic E-state index is 13.0. The number of aryl methyl sites for hydroxylation is 1. The van der Waals surface area contributed by atoms with E-state index in [1.165, 1.54) is 0 Å². The van der Waals surface area contributed by atoms with Crippen LogP contribution in [0.3, 0.4) is 0 Å². The Balaban J connectivity index is 1.52. The first kappa shape index (κ1) is 18.9. The van der Waals surface area contributed by atoms with Gasteiger partial charge in [0, 0.05) is 18.7 Å². The molecule has 0 spiro atoms. The molecule has 0 aromatic heterocycles. The number of benzene rings is 3. The van der Waals surface area contributed by atoms with E-state index in [9.17, 15) is 9.59 Å². The molecule has 0 saturated carbocycles. The fourth-order valence-electron chi connectivity index (χ4n) is 3.64. The molecule has 146 valence electrons. The second kappa shape index (κ2) is 8.31. The normalized spacial score (nSPS) is 16.3. The minimum Gasteiger partial charge on any atom is -0.452 e. The molecule has 4 nitrogen and oxygen atoms in total. The molecule has 0 unspecified atom stereocenters. The second-order valence-electron chi connectivity index (χ2n) is 7.38. The van der Waals surface area contributed by atoms with Crippen molar-refractivity contribution in [2.24, 2.45) is 5.92 Å². The highest BCUT2D eigenvalue weighted by Gasteiger charge is 2.37. The Bertz CT molecular complexity index is 944. The minimum atomic E-state index is -0.492. The molecule has 3 aromatic rings. The Morgan fingerprint density at radius 1 is 0.897 bits per heavy atom. The third-order valence-electron chi connectivity index (χ3n) is 5.24. The van der Waals surface area contributed by atoms with Crippen LogP contribution in [0.1, 0.15) is 29.2 Å². The van der Waals surface area contributed by atoms with E-state index in [0.717, 1.165) is 22.4 Å². The van der Waals surface area contributed by atoms with Crippen molar-refractivity contribution in [3.05, 3.63) is 102 Å². The van der Waals surface area contributed by atoms with Gasteiger partial charge in [-0.3, -0.25) is 9.59 Å². The number of nitrogens with zero attached hydrogens (tertiary/aromatic N) is 1. The maximum Gasteiger partial charge on any atom is 0.312 e. The number of hydrogen-bond donors (Lipinski definition) is 0. The van der Waals surface area contributed by atoms with E-state index in [1.807, 2.05) is 91.9 Å². The number of carbonyl (C=O) groups is 2. The first-order valence-electron chi connectivity index (χ1n) is 9.79. The van der Waals surface area contributed by atoms with E-state index in [4.69, 9.17) is 4.74 Å². The number of rotatable bonds is 5. The number of anilines is 1. The van der Waals surface area contributed by atoms with E-state index in [1.54, 1.807) is 4.90 Å². The molecule has 4 heteroatoms. The van der Waals surface area contributed by atoms with Crippen molar-refractivity contribution in [1.82, 2.24) is 0 Å². The summed E-state index contributed by atoms with van der Waals surface area (Å²) in [7, 11) is 0. The number of ether oxygens (including phenoxy) is 1. The predicted octanol–water partition coefficient (Wildman–Crippen LogP) is 4.68. The van der Waals surface area contributed by atoms with E-state index < -0.39 is 12.0 Å². The first-order valence-corrected chi connectivity index (χ1v) is 9.79. The third-order valence-corrected chi connectivity index (χ3v) is 5.24. The Morgan fingerprint density at radius 2 is 1.45 bits per heavy atom. The molecule has 1 atom stereocenters.